The second kappa shape index (κ2) is 7.51. The van der Waals surface area contributed by atoms with E-state index in [0.29, 0.717) is 17.5 Å². The van der Waals surface area contributed by atoms with Crippen molar-refractivity contribution in [2.75, 3.05) is 0 Å². The van der Waals surface area contributed by atoms with Crippen LogP contribution >= 0.6 is 11.6 Å². The van der Waals surface area contributed by atoms with Crippen LogP contribution in [0, 0.1) is 11.6 Å². The summed E-state index contributed by atoms with van der Waals surface area (Å²) in [4.78, 5) is 26.2. The molecule has 1 aliphatic rings. The molecule has 0 saturated heterocycles. The Hall–Kier alpha value is -2.47. The number of carboxylic acids is 1. The van der Waals surface area contributed by atoms with Crippen molar-refractivity contribution in [1.82, 2.24) is 4.90 Å². The minimum absolute atomic E-state index is 0.00671. The fourth-order valence-corrected chi connectivity index (χ4v) is 4.12. The summed E-state index contributed by atoms with van der Waals surface area (Å²) in [7, 11) is 0. The third-order valence-corrected chi connectivity index (χ3v) is 5.47. The van der Waals surface area contributed by atoms with Crippen LogP contribution in [0.5, 0.6) is 0 Å². The molecule has 4 nitrogen and oxygen atoms in total. The highest BCUT2D eigenvalue weighted by atomic mass is 35.5. The quantitative estimate of drug-likeness (QED) is 0.736. The number of benzene rings is 2. The highest BCUT2D eigenvalue weighted by Crippen LogP contribution is 2.45. The number of hydrogen-bond donors (Lipinski definition) is 1. The van der Waals surface area contributed by atoms with Gasteiger partial charge in [0.1, 0.15) is 11.6 Å². The van der Waals surface area contributed by atoms with Crippen LogP contribution < -0.4 is 0 Å². The van der Waals surface area contributed by atoms with Gasteiger partial charge in [0, 0.05) is 6.04 Å². The Morgan fingerprint density at radius 3 is 2.39 bits per heavy atom. The summed E-state index contributed by atoms with van der Waals surface area (Å²) in [5.74, 6) is -3.12. The molecule has 1 N–H and O–H groups in total. The highest BCUT2D eigenvalue weighted by molar-refractivity contribution is 6.33. The number of hydrogen-bond acceptors (Lipinski definition) is 2. The Bertz CT molecular complexity index is 961. The smallest absolute Gasteiger partial charge is 0.338 e. The topological polar surface area (TPSA) is 57.6 Å². The maximum Gasteiger partial charge on any atom is 0.338 e. The van der Waals surface area contributed by atoms with Gasteiger partial charge in [-0.2, -0.15) is 0 Å². The normalized spacial score (nSPS) is 18.2. The zero-order valence-electron chi connectivity index (χ0n) is 15.7. The lowest BCUT2D eigenvalue weighted by Crippen LogP contribution is -2.39. The molecule has 1 aliphatic carbocycles. The molecule has 1 amide bonds. The number of carbonyl (C=O) groups excluding carboxylic acids is 1. The second-order valence-electron chi connectivity index (χ2n) is 7.35. The minimum atomic E-state index is -1.36. The molecular weight excluding hydrogens is 388 g/mol. The zero-order valence-corrected chi connectivity index (χ0v) is 16.4. The van der Waals surface area contributed by atoms with E-state index in [-0.39, 0.29) is 28.5 Å². The largest absolute Gasteiger partial charge is 0.478 e. The number of nitrogens with zero attached hydrogens (tertiary/aromatic N) is 1. The summed E-state index contributed by atoms with van der Waals surface area (Å²) in [6.07, 6.45) is 0.528. The van der Waals surface area contributed by atoms with Crippen LogP contribution in [0.1, 0.15) is 71.0 Å². The Morgan fingerprint density at radius 1 is 1.14 bits per heavy atom. The number of carboxylic acid groups (broad SMARTS) is 1. The fourth-order valence-electron chi connectivity index (χ4n) is 3.87. The summed E-state index contributed by atoms with van der Waals surface area (Å²) in [5, 5.41) is 9.28. The van der Waals surface area contributed by atoms with Gasteiger partial charge in [-0.05, 0) is 67.6 Å². The van der Waals surface area contributed by atoms with E-state index in [1.54, 1.807) is 4.90 Å². The summed E-state index contributed by atoms with van der Waals surface area (Å²) >= 11 is 6.08. The lowest BCUT2D eigenvalue weighted by atomic mass is 10.00. The Kier molecular flexibility index (Phi) is 5.44. The first-order valence-electron chi connectivity index (χ1n) is 8.96. The average molecular weight is 408 g/mol. The maximum atomic E-state index is 14.2. The molecule has 28 heavy (non-hydrogen) atoms. The predicted molar refractivity (Wildman–Crippen MR) is 102 cm³/mol. The number of halogens is 3. The van der Waals surface area contributed by atoms with Gasteiger partial charge in [0.2, 0.25) is 0 Å². The van der Waals surface area contributed by atoms with Gasteiger partial charge in [0.05, 0.1) is 22.2 Å². The van der Waals surface area contributed by atoms with E-state index < -0.39 is 29.2 Å². The molecule has 0 aromatic heterocycles. The Morgan fingerprint density at radius 2 is 1.82 bits per heavy atom. The number of rotatable bonds is 4. The molecule has 1 unspecified atom stereocenters. The van der Waals surface area contributed by atoms with Crippen molar-refractivity contribution in [3.05, 3.63) is 69.2 Å². The van der Waals surface area contributed by atoms with Crippen LogP contribution in [0.3, 0.4) is 0 Å². The fraction of sp³-hybridized carbons (Fsp3) is 0.333. The molecule has 0 radical (unpaired) electrons. The average Bonchev–Trinajstić information content (AvgIpc) is 2.89. The van der Waals surface area contributed by atoms with Gasteiger partial charge in [-0.15, -0.1) is 0 Å². The third kappa shape index (κ3) is 3.49. The highest BCUT2D eigenvalue weighted by Gasteiger charge is 2.38. The number of fused-ring (bicyclic) bond motifs is 1. The first-order chi connectivity index (χ1) is 13.1. The summed E-state index contributed by atoms with van der Waals surface area (Å²) in [6.45, 7) is 5.58. The first kappa shape index (κ1) is 20.3. The van der Waals surface area contributed by atoms with Crippen molar-refractivity contribution in [2.45, 2.75) is 45.2 Å². The van der Waals surface area contributed by atoms with Crippen LogP contribution in [0.4, 0.5) is 8.78 Å². The molecule has 2 atom stereocenters. The maximum absolute atomic E-state index is 14.2. The second-order valence-corrected chi connectivity index (χ2v) is 7.76. The molecule has 0 fully saturated rings. The van der Waals surface area contributed by atoms with Gasteiger partial charge in [0.25, 0.3) is 5.91 Å². The zero-order chi connectivity index (χ0) is 20.7. The van der Waals surface area contributed by atoms with Gasteiger partial charge in [-0.1, -0.05) is 18.5 Å². The van der Waals surface area contributed by atoms with Gasteiger partial charge in [-0.25, -0.2) is 13.6 Å². The molecule has 0 aliphatic heterocycles. The Balaban J connectivity index is 2.09. The predicted octanol–water partition coefficient (Wildman–Crippen LogP) is 5.42. The van der Waals surface area contributed by atoms with Crippen molar-refractivity contribution in [1.29, 1.82) is 0 Å². The van der Waals surface area contributed by atoms with E-state index in [1.165, 1.54) is 24.3 Å². The SMILES string of the molecule is CC1C[C@@H](N(C(=O)c2ccc(F)cc2Cl)C(C)C)c2cc(C(=O)O)c(F)cc21. The summed E-state index contributed by atoms with van der Waals surface area (Å²) in [6, 6.07) is 5.47. The minimum Gasteiger partial charge on any atom is -0.478 e. The van der Waals surface area contributed by atoms with Crippen molar-refractivity contribution in [3.8, 4) is 0 Å². The van der Waals surface area contributed by atoms with Crippen LogP contribution in [-0.2, 0) is 0 Å². The molecule has 0 spiro atoms. The van der Waals surface area contributed by atoms with E-state index in [1.807, 2.05) is 20.8 Å². The lowest BCUT2D eigenvalue weighted by Gasteiger charge is -2.34. The van der Waals surface area contributed by atoms with Crippen LogP contribution in [0.2, 0.25) is 5.02 Å². The van der Waals surface area contributed by atoms with Crippen molar-refractivity contribution < 1.29 is 23.5 Å². The van der Waals surface area contributed by atoms with Crippen molar-refractivity contribution in [3.63, 3.8) is 0 Å². The Labute approximate surface area is 166 Å². The molecule has 148 valence electrons. The van der Waals surface area contributed by atoms with Crippen molar-refractivity contribution in [2.24, 2.45) is 0 Å². The van der Waals surface area contributed by atoms with E-state index in [4.69, 9.17) is 11.6 Å². The molecular formula is C21H20ClF2NO3. The van der Waals surface area contributed by atoms with Gasteiger partial charge < -0.3 is 10.0 Å². The summed E-state index contributed by atoms with van der Waals surface area (Å²) < 4.78 is 27.5. The standard InChI is InChI=1S/C21H20ClF2NO3/c1-10(2)25(20(26)13-5-4-12(23)7-17(13)22)19-6-11(3)14-9-18(24)16(21(27)28)8-15(14)19/h4-5,7-11,19H,6H2,1-3H3,(H,27,28)/t11?,19-/m1/s1. The van der Waals surface area contributed by atoms with Crippen molar-refractivity contribution >= 4 is 23.5 Å². The van der Waals surface area contributed by atoms with Gasteiger partial charge >= 0.3 is 5.97 Å². The summed E-state index contributed by atoms with van der Waals surface area (Å²) in [5.41, 5.74) is 1.05. The molecule has 2 aromatic rings. The molecule has 0 heterocycles. The monoisotopic (exact) mass is 407 g/mol. The molecule has 2 aromatic carbocycles. The van der Waals surface area contributed by atoms with Crippen LogP contribution in [0.15, 0.2) is 30.3 Å². The number of aromatic carboxylic acids is 1. The van der Waals surface area contributed by atoms with Crippen LogP contribution in [0.25, 0.3) is 0 Å². The molecule has 0 saturated carbocycles. The number of amides is 1. The number of carbonyl (C=O) groups is 2. The van der Waals surface area contributed by atoms with E-state index >= 15 is 0 Å². The van der Waals surface area contributed by atoms with Crippen LogP contribution in [-0.4, -0.2) is 27.9 Å². The first-order valence-corrected chi connectivity index (χ1v) is 9.34. The van der Waals surface area contributed by atoms with Gasteiger partial charge in [0.15, 0.2) is 0 Å². The third-order valence-electron chi connectivity index (χ3n) is 5.16. The lowest BCUT2D eigenvalue weighted by molar-refractivity contribution is 0.0602. The molecule has 3 rings (SSSR count). The van der Waals surface area contributed by atoms with E-state index in [0.717, 1.165) is 6.07 Å². The molecule has 0 bridgehead atoms. The van der Waals surface area contributed by atoms with Gasteiger partial charge in [-0.3, -0.25) is 4.79 Å². The molecule has 7 heteroatoms. The van der Waals surface area contributed by atoms with E-state index in [9.17, 15) is 23.5 Å². The van der Waals surface area contributed by atoms with E-state index in [2.05, 4.69) is 0 Å².